The first-order valence-electron chi connectivity index (χ1n) is 5.07. The van der Waals surface area contributed by atoms with Gasteiger partial charge in [0.25, 0.3) is 0 Å². The molecular formula is C12H18O. The molecule has 0 amide bonds. The molecule has 0 aliphatic heterocycles. The van der Waals surface area contributed by atoms with E-state index in [0.29, 0.717) is 0 Å². The maximum atomic E-state index is 9.75. The second-order valence-corrected chi connectivity index (χ2v) is 3.42. The third-order valence-corrected chi connectivity index (χ3v) is 2.27. The van der Waals surface area contributed by atoms with Gasteiger partial charge in [-0.15, -0.1) is 0 Å². The van der Waals surface area contributed by atoms with Gasteiger partial charge in [0.05, 0.1) is 6.10 Å². The minimum atomic E-state index is -0.271. The van der Waals surface area contributed by atoms with Gasteiger partial charge in [0.2, 0.25) is 0 Å². The SMILES string of the molecule is CCCCC[C@@H](O)c1ccccc1. The van der Waals surface area contributed by atoms with Crippen LogP contribution in [0.2, 0.25) is 0 Å². The monoisotopic (exact) mass is 178 g/mol. The molecule has 1 heteroatoms. The quantitative estimate of drug-likeness (QED) is 0.686. The first-order valence-corrected chi connectivity index (χ1v) is 5.07. The molecule has 0 bridgehead atoms. The lowest BCUT2D eigenvalue weighted by atomic mass is 10.0. The molecule has 0 aromatic heterocycles. The van der Waals surface area contributed by atoms with E-state index in [0.717, 1.165) is 18.4 Å². The molecule has 1 aromatic carbocycles. The van der Waals surface area contributed by atoms with Crippen LogP contribution in [0.15, 0.2) is 30.3 Å². The van der Waals surface area contributed by atoms with E-state index in [1.165, 1.54) is 12.8 Å². The molecule has 13 heavy (non-hydrogen) atoms. The van der Waals surface area contributed by atoms with E-state index in [4.69, 9.17) is 0 Å². The predicted molar refractivity (Wildman–Crippen MR) is 55.5 cm³/mol. The predicted octanol–water partition coefficient (Wildman–Crippen LogP) is 3.30. The third kappa shape index (κ3) is 3.60. The summed E-state index contributed by atoms with van der Waals surface area (Å²) in [6.07, 6.45) is 4.16. The fourth-order valence-electron chi connectivity index (χ4n) is 1.43. The topological polar surface area (TPSA) is 20.2 Å². The molecule has 1 nitrogen and oxygen atoms in total. The van der Waals surface area contributed by atoms with Gasteiger partial charge in [-0.3, -0.25) is 0 Å². The van der Waals surface area contributed by atoms with E-state index >= 15 is 0 Å². The summed E-state index contributed by atoms with van der Waals surface area (Å²) < 4.78 is 0. The van der Waals surface area contributed by atoms with Gasteiger partial charge in [0.1, 0.15) is 0 Å². The van der Waals surface area contributed by atoms with Crippen LogP contribution in [0.5, 0.6) is 0 Å². The van der Waals surface area contributed by atoms with Gasteiger partial charge >= 0.3 is 0 Å². The summed E-state index contributed by atoms with van der Waals surface area (Å²) >= 11 is 0. The van der Waals surface area contributed by atoms with Gasteiger partial charge in [0, 0.05) is 0 Å². The van der Waals surface area contributed by atoms with Gasteiger partial charge in [0.15, 0.2) is 0 Å². The number of aliphatic hydroxyl groups is 1. The Labute approximate surface area is 80.4 Å². The summed E-state index contributed by atoms with van der Waals surface area (Å²) in [5.41, 5.74) is 1.04. The highest BCUT2D eigenvalue weighted by Gasteiger charge is 2.04. The first kappa shape index (κ1) is 10.3. The zero-order valence-electron chi connectivity index (χ0n) is 8.24. The molecule has 0 unspecified atom stereocenters. The molecule has 0 fully saturated rings. The normalized spacial score (nSPS) is 12.8. The molecule has 0 radical (unpaired) electrons. The van der Waals surface area contributed by atoms with Crippen molar-refractivity contribution in [3.05, 3.63) is 35.9 Å². The summed E-state index contributed by atoms with van der Waals surface area (Å²) in [5, 5.41) is 9.75. The van der Waals surface area contributed by atoms with Crippen LogP contribution in [0.4, 0.5) is 0 Å². The van der Waals surface area contributed by atoms with E-state index in [9.17, 15) is 5.11 Å². The Hall–Kier alpha value is -0.820. The van der Waals surface area contributed by atoms with Gasteiger partial charge in [-0.2, -0.15) is 0 Å². The molecule has 0 spiro atoms. The van der Waals surface area contributed by atoms with Crippen LogP contribution < -0.4 is 0 Å². The molecule has 0 saturated heterocycles. The smallest absolute Gasteiger partial charge is 0.0790 e. The summed E-state index contributed by atoms with van der Waals surface area (Å²) in [4.78, 5) is 0. The molecule has 1 aromatic rings. The third-order valence-electron chi connectivity index (χ3n) is 2.27. The molecule has 0 aliphatic rings. The molecular weight excluding hydrogens is 160 g/mol. The standard InChI is InChI=1S/C12H18O/c1-2-3-5-10-12(13)11-8-6-4-7-9-11/h4,6-9,12-13H,2-3,5,10H2,1H3/t12-/m1/s1. The van der Waals surface area contributed by atoms with Crippen LogP contribution in [-0.4, -0.2) is 5.11 Å². The lowest BCUT2D eigenvalue weighted by Crippen LogP contribution is -1.96. The van der Waals surface area contributed by atoms with E-state index in [1.54, 1.807) is 0 Å². The lowest BCUT2D eigenvalue weighted by molar-refractivity contribution is 0.163. The number of benzene rings is 1. The number of hydrogen-bond acceptors (Lipinski definition) is 1. The second-order valence-electron chi connectivity index (χ2n) is 3.42. The highest BCUT2D eigenvalue weighted by atomic mass is 16.3. The van der Waals surface area contributed by atoms with Crippen molar-refractivity contribution in [2.24, 2.45) is 0 Å². The average Bonchev–Trinajstić information content (AvgIpc) is 2.19. The Morgan fingerprint density at radius 1 is 1.15 bits per heavy atom. The molecule has 0 aliphatic carbocycles. The number of aliphatic hydroxyl groups excluding tert-OH is 1. The van der Waals surface area contributed by atoms with Crippen LogP contribution in [0.1, 0.15) is 44.3 Å². The van der Waals surface area contributed by atoms with Crippen molar-refractivity contribution in [3.63, 3.8) is 0 Å². The van der Waals surface area contributed by atoms with Gasteiger partial charge in [-0.25, -0.2) is 0 Å². The van der Waals surface area contributed by atoms with Crippen molar-refractivity contribution < 1.29 is 5.11 Å². The van der Waals surface area contributed by atoms with Crippen LogP contribution in [0.25, 0.3) is 0 Å². The van der Waals surface area contributed by atoms with E-state index < -0.39 is 0 Å². The molecule has 1 N–H and O–H groups in total. The summed E-state index contributed by atoms with van der Waals surface area (Å²) in [7, 11) is 0. The van der Waals surface area contributed by atoms with E-state index in [1.807, 2.05) is 30.3 Å². The van der Waals surface area contributed by atoms with Crippen LogP contribution in [-0.2, 0) is 0 Å². The largest absolute Gasteiger partial charge is 0.388 e. The zero-order valence-corrected chi connectivity index (χ0v) is 8.24. The molecule has 0 saturated carbocycles. The van der Waals surface area contributed by atoms with Crippen molar-refractivity contribution in [2.75, 3.05) is 0 Å². The molecule has 72 valence electrons. The average molecular weight is 178 g/mol. The Kier molecular flexibility index (Phi) is 4.55. The van der Waals surface area contributed by atoms with E-state index in [2.05, 4.69) is 6.92 Å². The Morgan fingerprint density at radius 3 is 2.46 bits per heavy atom. The van der Waals surface area contributed by atoms with Crippen LogP contribution >= 0.6 is 0 Å². The first-order chi connectivity index (χ1) is 6.34. The van der Waals surface area contributed by atoms with Crippen molar-refractivity contribution in [1.82, 2.24) is 0 Å². The maximum absolute atomic E-state index is 9.75. The Morgan fingerprint density at radius 2 is 1.85 bits per heavy atom. The fourth-order valence-corrected chi connectivity index (χ4v) is 1.43. The minimum Gasteiger partial charge on any atom is -0.388 e. The summed E-state index contributed by atoms with van der Waals surface area (Å²) in [6.45, 7) is 2.18. The molecule has 1 rings (SSSR count). The fraction of sp³-hybridized carbons (Fsp3) is 0.500. The number of rotatable bonds is 5. The highest BCUT2D eigenvalue weighted by molar-refractivity contribution is 5.16. The second kappa shape index (κ2) is 5.76. The van der Waals surface area contributed by atoms with E-state index in [-0.39, 0.29) is 6.10 Å². The molecule has 0 heterocycles. The van der Waals surface area contributed by atoms with Crippen molar-refractivity contribution in [3.8, 4) is 0 Å². The Bertz CT molecular complexity index is 218. The lowest BCUT2D eigenvalue weighted by Gasteiger charge is -2.09. The van der Waals surface area contributed by atoms with Crippen molar-refractivity contribution in [2.45, 2.75) is 38.7 Å². The summed E-state index contributed by atoms with van der Waals surface area (Å²) in [6, 6.07) is 9.88. The maximum Gasteiger partial charge on any atom is 0.0790 e. The van der Waals surface area contributed by atoms with Crippen LogP contribution in [0.3, 0.4) is 0 Å². The highest BCUT2D eigenvalue weighted by Crippen LogP contribution is 2.18. The van der Waals surface area contributed by atoms with Gasteiger partial charge < -0.3 is 5.11 Å². The van der Waals surface area contributed by atoms with Crippen molar-refractivity contribution >= 4 is 0 Å². The number of hydrogen-bond donors (Lipinski definition) is 1. The van der Waals surface area contributed by atoms with Crippen LogP contribution in [0, 0.1) is 0 Å². The molecule has 1 atom stereocenters. The van der Waals surface area contributed by atoms with Gasteiger partial charge in [-0.1, -0.05) is 56.5 Å². The minimum absolute atomic E-state index is 0.271. The van der Waals surface area contributed by atoms with Crippen molar-refractivity contribution in [1.29, 1.82) is 0 Å². The Balaban J connectivity index is 2.35. The summed E-state index contributed by atoms with van der Waals surface area (Å²) in [5.74, 6) is 0. The van der Waals surface area contributed by atoms with Gasteiger partial charge in [-0.05, 0) is 12.0 Å². The number of unbranched alkanes of at least 4 members (excludes halogenated alkanes) is 2. The zero-order chi connectivity index (χ0) is 9.52.